The smallest absolute Gasteiger partial charge is 0.207 e. The summed E-state index contributed by atoms with van der Waals surface area (Å²) in [5.41, 5.74) is -5.65. The lowest BCUT2D eigenvalue weighted by molar-refractivity contribution is -0.0465. The minimum atomic E-state index is -5.87. The van der Waals surface area contributed by atoms with Gasteiger partial charge in [0.15, 0.2) is 0 Å². The second kappa shape index (κ2) is 3.51. The van der Waals surface area contributed by atoms with Gasteiger partial charge in [-0.3, -0.25) is 0 Å². The predicted octanol–water partition coefficient (Wildman–Crippen LogP) is 0.241. The van der Waals surface area contributed by atoms with Gasteiger partial charge in [-0.2, -0.15) is 13.2 Å². The number of hydrogen-bond donors (Lipinski definition) is 0. The molecule has 0 aliphatic heterocycles. The van der Waals surface area contributed by atoms with Crippen molar-refractivity contribution in [1.29, 1.82) is 0 Å². The maximum atomic E-state index is 11.8. The Morgan fingerprint density at radius 2 is 1.57 bits per heavy atom. The van der Waals surface area contributed by atoms with Gasteiger partial charge in [0, 0.05) is 12.5 Å². The predicted molar refractivity (Wildman–Crippen MR) is 41.9 cm³/mol. The molecule has 0 atom stereocenters. The molecular formula is C4H6F3NO4S2. The highest BCUT2D eigenvalue weighted by molar-refractivity contribution is 8.05. The first-order valence-electron chi connectivity index (χ1n) is 2.89. The molecule has 0 aromatic carbocycles. The van der Waals surface area contributed by atoms with Gasteiger partial charge in [-0.25, -0.2) is 16.8 Å². The van der Waals surface area contributed by atoms with Crippen molar-refractivity contribution in [3.63, 3.8) is 0 Å². The van der Waals surface area contributed by atoms with E-state index in [0.717, 1.165) is 0 Å². The van der Waals surface area contributed by atoms with Crippen molar-refractivity contribution in [2.75, 3.05) is 7.05 Å². The number of halogens is 3. The molecule has 0 amide bonds. The van der Waals surface area contributed by atoms with E-state index in [9.17, 15) is 30.0 Å². The molecule has 0 spiro atoms. The van der Waals surface area contributed by atoms with Crippen LogP contribution in [-0.2, 0) is 20.0 Å². The summed E-state index contributed by atoms with van der Waals surface area (Å²) in [6, 6.07) is 0. The minimum Gasteiger partial charge on any atom is -0.207 e. The Kier molecular flexibility index (Phi) is 3.36. The van der Waals surface area contributed by atoms with Crippen molar-refractivity contribution in [2.45, 2.75) is 5.51 Å². The quantitative estimate of drug-likeness (QED) is 0.722. The van der Waals surface area contributed by atoms with E-state index in [1.807, 2.05) is 0 Å². The zero-order chi connectivity index (χ0) is 11.8. The van der Waals surface area contributed by atoms with E-state index in [1.165, 1.54) is 0 Å². The SMILES string of the molecule is C=CS(=O)(=O)N(C)S(=O)(=O)C(F)(F)F. The lowest BCUT2D eigenvalue weighted by Gasteiger charge is -2.16. The van der Waals surface area contributed by atoms with Crippen molar-refractivity contribution in [2.24, 2.45) is 0 Å². The van der Waals surface area contributed by atoms with Crippen molar-refractivity contribution < 1.29 is 30.0 Å². The molecule has 0 saturated heterocycles. The van der Waals surface area contributed by atoms with Gasteiger partial charge in [-0.1, -0.05) is 10.3 Å². The first-order valence-corrected chi connectivity index (χ1v) is 5.84. The molecule has 84 valence electrons. The molecule has 0 radical (unpaired) electrons. The van der Waals surface area contributed by atoms with Crippen LogP contribution in [0, 0.1) is 0 Å². The zero-order valence-corrected chi connectivity index (χ0v) is 8.45. The van der Waals surface area contributed by atoms with Crippen LogP contribution in [0.5, 0.6) is 0 Å². The molecule has 0 bridgehead atoms. The molecule has 0 aliphatic rings. The molecule has 0 saturated carbocycles. The summed E-state index contributed by atoms with van der Waals surface area (Å²) >= 11 is 0. The summed E-state index contributed by atoms with van der Waals surface area (Å²) in [6.45, 7) is 2.69. The average Bonchev–Trinajstić information content (AvgIpc) is 2.01. The molecule has 0 unspecified atom stereocenters. The molecule has 10 heteroatoms. The molecule has 0 aromatic heterocycles. The lowest BCUT2D eigenvalue weighted by atomic mass is 11.3. The molecule has 0 aromatic rings. The second-order valence-corrected chi connectivity index (χ2v) is 6.15. The van der Waals surface area contributed by atoms with Crippen molar-refractivity contribution in [1.82, 2.24) is 3.71 Å². The monoisotopic (exact) mass is 253 g/mol. The maximum Gasteiger partial charge on any atom is 0.512 e. The molecular weight excluding hydrogens is 247 g/mol. The van der Waals surface area contributed by atoms with Crippen LogP contribution in [0.4, 0.5) is 13.2 Å². The Labute approximate surface area is 78.9 Å². The molecule has 0 N–H and O–H groups in total. The number of hydrogen-bond acceptors (Lipinski definition) is 4. The first kappa shape index (κ1) is 13.4. The van der Waals surface area contributed by atoms with Crippen molar-refractivity contribution in [3.05, 3.63) is 12.0 Å². The van der Waals surface area contributed by atoms with Crippen LogP contribution in [-0.4, -0.2) is 33.1 Å². The van der Waals surface area contributed by atoms with Crippen LogP contribution in [0.3, 0.4) is 0 Å². The summed E-state index contributed by atoms with van der Waals surface area (Å²) in [7, 11) is -10.2. The summed E-state index contributed by atoms with van der Waals surface area (Å²) in [6.07, 6.45) is 0. The van der Waals surface area contributed by atoms with Gasteiger partial charge in [-0.05, 0) is 0 Å². The molecule has 5 nitrogen and oxygen atoms in total. The molecule has 0 rings (SSSR count). The van der Waals surface area contributed by atoms with Gasteiger partial charge >= 0.3 is 15.5 Å². The van der Waals surface area contributed by atoms with Crippen LogP contribution in [0.15, 0.2) is 12.0 Å². The second-order valence-electron chi connectivity index (χ2n) is 2.04. The lowest BCUT2D eigenvalue weighted by Crippen LogP contribution is -2.40. The van der Waals surface area contributed by atoms with E-state index in [-0.39, 0.29) is 12.5 Å². The summed E-state index contributed by atoms with van der Waals surface area (Å²) < 4.78 is 77.2. The topological polar surface area (TPSA) is 71.5 Å². The maximum absolute atomic E-state index is 11.8. The van der Waals surface area contributed by atoms with Gasteiger partial charge in [-0.15, -0.1) is 0 Å². The number of nitrogens with zero attached hydrogens (tertiary/aromatic N) is 1. The highest BCUT2D eigenvalue weighted by Gasteiger charge is 2.51. The van der Waals surface area contributed by atoms with Crippen LogP contribution in [0.1, 0.15) is 0 Å². The van der Waals surface area contributed by atoms with Crippen LogP contribution in [0.25, 0.3) is 0 Å². The Morgan fingerprint density at radius 1 is 1.21 bits per heavy atom. The van der Waals surface area contributed by atoms with Gasteiger partial charge in [0.1, 0.15) is 0 Å². The number of sulfonamides is 2. The minimum absolute atomic E-state index is 0.107. The first-order chi connectivity index (χ1) is 5.97. The third-order valence-electron chi connectivity index (χ3n) is 1.20. The number of alkyl halides is 3. The normalized spacial score (nSPS) is 14.4. The van der Waals surface area contributed by atoms with E-state index in [1.54, 1.807) is 0 Å². The molecule has 14 heavy (non-hydrogen) atoms. The fraction of sp³-hybridized carbons (Fsp3) is 0.500. The fourth-order valence-electron chi connectivity index (χ4n) is 0.388. The molecule has 0 heterocycles. The number of rotatable bonds is 3. The van der Waals surface area contributed by atoms with Crippen molar-refractivity contribution in [3.8, 4) is 0 Å². The Morgan fingerprint density at radius 3 is 1.79 bits per heavy atom. The average molecular weight is 253 g/mol. The highest BCUT2D eigenvalue weighted by atomic mass is 32.3. The Bertz CT molecular complexity index is 420. The van der Waals surface area contributed by atoms with E-state index in [4.69, 9.17) is 0 Å². The Balaban J connectivity index is 5.50. The van der Waals surface area contributed by atoms with Crippen LogP contribution >= 0.6 is 0 Å². The highest BCUT2D eigenvalue weighted by Crippen LogP contribution is 2.27. The third-order valence-corrected chi connectivity index (χ3v) is 4.81. The summed E-state index contributed by atoms with van der Waals surface area (Å²) in [4.78, 5) is 0. The van der Waals surface area contributed by atoms with Crippen LogP contribution in [0.2, 0.25) is 0 Å². The van der Waals surface area contributed by atoms with E-state index in [0.29, 0.717) is 0 Å². The van der Waals surface area contributed by atoms with Crippen molar-refractivity contribution >= 4 is 20.0 Å². The zero-order valence-electron chi connectivity index (χ0n) is 6.82. The summed E-state index contributed by atoms with van der Waals surface area (Å²) in [5.74, 6) is 0. The van der Waals surface area contributed by atoms with Gasteiger partial charge < -0.3 is 0 Å². The van der Waals surface area contributed by atoms with E-state index >= 15 is 0 Å². The van der Waals surface area contributed by atoms with Crippen LogP contribution < -0.4 is 0 Å². The Hall–Kier alpha value is -0.610. The fourth-order valence-corrected chi connectivity index (χ4v) is 2.42. The summed E-state index contributed by atoms with van der Waals surface area (Å²) in [5, 5.41) is 0.107. The van der Waals surface area contributed by atoms with Gasteiger partial charge in [0.05, 0.1) is 0 Å². The largest absolute Gasteiger partial charge is 0.512 e. The third kappa shape index (κ3) is 2.25. The van der Waals surface area contributed by atoms with E-state index < -0.39 is 29.3 Å². The van der Waals surface area contributed by atoms with Gasteiger partial charge in [0.25, 0.3) is 0 Å². The standard InChI is InChI=1S/C4H6F3NO4S2/c1-3-13(9,10)8(2)14(11,12)4(5,6)7/h3H,1H2,2H3. The molecule has 0 fully saturated rings. The van der Waals surface area contributed by atoms with Gasteiger partial charge in [0.2, 0.25) is 10.0 Å². The molecule has 0 aliphatic carbocycles. The van der Waals surface area contributed by atoms with E-state index in [2.05, 4.69) is 6.58 Å².